The van der Waals surface area contributed by atoms with Crippen molar-refractivity contribution >= 4 is 11.3 Å². The minimum Gasteiger partial charge on any atom is -0.390 e. The molecule has 0 aromatic carbocycles. The molecule has 0 spiro atoms. The SMILES string of the molecule is CC1CCCC1(O)CCc1cccs1. The summed E-state index contributed by atoms with van der Waals surface area (Å²) in [4.78, 5) is 1.40. The van der Waals surface area contributed by atoms with E-state index in [1.807, 2.05) is 0 Å². The Morgan fingerprint density at radius 3 is 3.07 bits per heavy atom. The molecule has 1 N–H and O–H groups in total. The Labute approximate surface area is 89.8 Å². The van der Waals surface area contributed by atoms with E-state index < -0.39 is 0 Å². The molecule has 1 nitrogen and oxygen atoms in total. The van der Waals surface area contributed by atoms with Crippen LogP contribution in [0.1, 0.15) is 37.5 Å². The number of aryl methyl sites for hydroxylation is 1. The van der Waals surface area contributed by atoms with Crippen LogP contribution < -0.4 is 0 Å². The van der Waals surface area contributed by atoms with Gasteiger partial charge < -0.3 is 5.11 Å². The van der Waals surface area contributed by atoms with Crippen molar-refractivity contribution < 1.29 is 5.11 Å². The van der Waals surface area contributed by atoms with Crippen LogP contribution in [0.15, 0.2) is 17.5 Å². The van der Waals surface area contributed by atoms with E-state index in [0.29, 0.717) is 5.92 Å². The van der Waals surface area contributed by atoms with Crippen molar-refractivity contribution in [2.75, 3.05) is 0 Å². The monoisotopic (exact) mass is 210 g/mol. The summed E-state index contributed by atoms with van der Waals surface area (Å²) in [6.45, 7) is 2.18. The summed E-state index contributed by atoms with van der Waals surface area (Å²) >= 11 is 1.80. The molecule has 78 valence electrons. The van der Waals surface area contributed by atoms with E-state index in [2.05, 4.69) is 24.4 Å². The summed E-state index contributed by atoms with van der Waals surface area (Å²) in [6.07, 6.45) is 5.37. The van der Waals surface area contributed by atoms with Gasteiger partial charge in [-0.05, 0) is 43.0 Å². The largest absolute Gasteiger partial charge is 0.390 e. The van der Waals surface area contributed by atoms with E-state index in [-0.39, 0.29) is 5.60 Å². The molecule has 1 fully saturated rings. The zero-order valence-corrected chi connectivity index (χ0v) is 9.52. The maximum absolute atomic E-state index is 10.4. The maximum Gasteiger partial charge on any atom is 0.0676 e. The van der Waals surface area contributed by atoms with Gasteiger partial charge in [0.2, 0.25) is 0 Å². The molecule has 1 aliphatic rings. The predicted molar refractivity (Wildman–Crippen MR) is 60.6 cm³/mol. The molecule has 1 saturated carbocycles. The smallest absolute Gasteiger partial charge is 0.0676 e. The van der Waals surface area contributed by atoms with Gasteiger partial charge in [0.1, 0.15) is 0 Å². The Balaban J connectivity index is 1.91. The van der Waals surface area contributed by atoms with Gasteiger partial charge in [-0.2, -0.15) is 0 Å². The summed E-state index contributed by atoms with van der Waals surface area (Å²) in [5.41, 5.74) is -0.371. The topological polar surface area (TPSA) is 20.2 Å². The van der Waals surface area contributed by atoms with Crippen LogP contribution in [0.5, 0.6) is 0 Å². The molecule has 0 radical (unpaired) electrons. The zero-order valence-electron chi connectivity index (χ0n) is 8.70. The van der Waals surface area contributed by atoms with Gasteiger partial charge >= 0.3 is 0 Å². The lowest BCUT2D eigenvalue weighted by Gasteiger charge is -2.27. The van der Waals surface area contributed by atoms with E-state index in [9.17, 15) is 5.11 Å². The minimum atomic E-state index is -0.371. The summed E-state index contributed by atoms with van der Waals surface area (Å²) in [5, 5.41) is 12.5. The van der Waals surface area contributed by atoms with Crippen molar-refractivity contribution in [2.45, 2.75) is 44.6 Å². The maximum atomic E-state index is 10.4. The second-order valence-corrected chi connectivity index (χ2v) is 5.51. The predicted octanol–water partition coefficient (Wildman–Crippen LogP) is 3.23. The van der Waals surface area contributed by atoms with Crippen LogP contribution in [-0.2, 0) is 6.42 Å². The summed E-state index contributed by atoms with van der Waals surface area (Å²) in [6, 6.07) is 4.25. The van der Waals surface area contributed by atoms with Crippen LogP contribution in [0, 0.1) is 5.92 Å². The molecule has 1 aromatic rings. The molecule has 0 aliphatic heterocycles. The Morgan fingerprint density at radius 2 is 2.50 bits per heavy atom. The molecule has 0 saturated heterocycles. The third-order valence-corrected chi connectivity index (χ3v) is 4.48. The van der Waals surface area contributed by atoms with Crippen molar-refractivity contribution in [2.24, 2.45) is 5.92 Å². The molecule has 1 aromatic heterocycles. The second kappa shape index (κ2) is 4.03. The summed E-state index contributed by atoms with van der Waals surface area (Å²) in [7, 11) is 0. The number of aliphatic hydroxyl groups is 1. The van der Waals surface area contributed by atoms with Gasteiger partial charge in [0.05, 0.1) is 5.60 Å². The first kappa shape index (κ1) is 10.2. The van der Waals surface area contributed by atoms with Crippen LogP contribution >= 0.6 is 11.3 Å². The average Bonchev–Trinajstić information content (AvgIpc) is 2.75. The lowest BCUT2D eigenvalue weighted by Crippen LogP contribution is -2.31. The highest BCUT2D eigenvalue weighted by Gasteiger charge is 2.37. The molecule has 2 atom stereocenters. The lowest BCUT2D eigenvalue weighted by molar-refractivity contribution is 0.00150. The molecular formula is C12H18OS. The molecule has 2 unspecified atom stereocenters. The highest BCUT2D eigenvalue weighted by atomic mass is 32.1. The van der Waals surface area contributed by atoms with Crippen molar-refractivity contribution in [3.63, 3.8) is 0 Å². The van der Waals surface area contributed by atoms with Gasteiger partial charge in [-0.3, -0.25) is 0 Å². The fraction of sp³-hybridized carbons (Fsp3) is 0.667. The third kappa shape index (κ3) is 2.01. The molecule has 0 bridgehead atoms. The van der Waals surface area contributed by atoms with Gasteiger partial charge in [-0.15, -0.1) is 11.3 Å². The van der Waals surface area contributed by atoms with E-state index in [1.165, 1.54) is 17.7 Å². The van der Waals surface area contributed by atoms with Crippen LogP contribution in [0.2, 0.25) is 0 Å². The van der Waals surface area contributed by atoms with Gasteiger partial charge in [-0.25, -0.2) is 0 Å². The van der Waals surface area contributed by atoms with Crippen molar-refractivity contribution in [1.82, 2.24) is 0 Å². The molecule has 2 rings (SSSR count). The van der Waals surface area contributed by atoms with E-state index in [4.69, 9.17) is 0 Å². The van der Waals surface area contributed by atoms with Gasteiger partial charge in [0.25, 0.3) is 0 Å². The minimum absolute atomic E-state index is 0.371. The molecule has 14 heavy (non-hydrogen) atoms. The lowest BCUT2D eigenvalue weighted by atomic mass is 9.87. The Hall–Kier alpha value is -0.340. The van der Waals surface area contributed by atoms with E-state index >= 15 is 0 Å². The highest BCUT2D eigenvalue weighted by Crippen LogP contribution is 2.38. The molecular weight excluding hydrogens is 192 g/mol. The third-order valence-electron chi connectivity index (χ3n) is 3.55. The zero-order chi connectivity index (χ0) is 10.0. The highest BCUT2D eigenvalue weighted by molar-refractivity contribution is 7.09. The average molecular weight is 210 g/mol. The standard InChI is InChI=1S/C12H18OS/c1-10-4-2-7-12(10,13)8-6-11-5-3-9-14-11/h3,5,9-10,13H,2,4,6-8H2,1H3. The van der Waals surface area contributed by atoms with Gasteiger partial charge in [0.15, 0.2) is 0 Å². The second-order valence-electron chi connectivity index (χ2n) is 4.48. The normalized spacial score (nSPS) is 32.3. The van der Waals surface area contributed by atoms with Crippen LogP contribution in [0.3, 0.4) is 0 Å². The van der Waals surface area contributed by atoms with Crippen molar-refractivity contribution in [3.05, 3.63) is 22.4 Å². The number of thiophene rings is 1. The quantitative estimate of drug-likeness (QED) is 0.812. The molecule has 2 heteroatoms. The van der Waals surface area contributed by atoms with Crippen LogP contribution in [0.25, 0.3) is 0 Å². The first-order chi connectivity index (χ1) is 6.71. The Kier molecular flexibility index (Phi) is 2.93. The van der Waals surface area contributed by atoms with Crippen molar-refractivity contribution in [3.8, 4) is 0 Å². The van der Waals surface area contributed by atoms with Crippen LogP contribution in [-0.4, -0.2) is 10.7 Å². The number of hydrogen-bond donors (Lipinski definition) is 1. The summed E-state index contributed by atoms with van der Waals surface area (Å²) < 4.78 is 0. The van der Waals surface area contributed by atoms with Gasteiger partial charge in [-0.1, -0.05) is 19.4 Å². The molecule has 0 amide bonds. The Morgan fingerprint density at radius 1 is 1.64 bits per heavy atom. The first-order valence-electron chi connectivity index (χ1n) is 5.45. The Bertz CT molecular complexity index is 281. The number of hydrogen-bond acceptors (Lipinski definition) is 2. The van der Waals surface area contributed by atoms with Gasteiger partial charge in [0, 0.05) is 4.88 Å². The fourth-order valence-electron chi connectivity index (χ4n) is 2.40. The van der Waals surface area contributed by atoms with Crippen LogP contribution in [0.4, 0.5) is 0 Å². The summed E-state index contributed by atoms with van der Waals surface area (Å²) in [5.74, 6) is 0.488. The van der Waals surface area contributed by atoms with E-state index in [1.54, 1.807) is 11.3 Å². The molecule has 1 aliphatic carbocycles. The molecule has 1 heterocycles. The number of rotatable bonds is 3. The van der Waals surface area contributed by atoms with Crippen molar-refractivity contribution in [1.29, 1.82) is 0 Å². The van der Waals surface area contributed by atoms with E-state index in [0.717, 1.165) is 19.3 Å². The fourth-order valence-corrected chi connectivity index (χ4v) is 3.10. The first-order valence-corrected chi connectivity index (χ1v) is 6.33.